The summed E-state index contributed by atoms with van der Waals surface area (Å²) in [6.45, 7) is 1.60. The topological polar surface area (TPSA) is 34.6 Å². The van der Waals surface area contributed by atoms with Crippen LogP contribution in [0.3, 0.4) is 0 Å². The van der Waals surface area contributed by atoms with E-state index in [1.54, 1.807) is 25.6 Å². The standard InChI is InChI=1S/C20H21ClN2O2S/c1-23(11-14-5-4-6-16(21)9-14)12-17-13-26-20(22-17)15-7-8-18(24-2)19(10-15)25-3/h4-10,13H,11-12H2,1-3H3. The Balaban J connectivity index is 1.69. The molecule has 136 valence electrons. The predicted octanol–water partition coefficient (Wildman–Crippen LogP) is 5.11. The summed E-state index contributed by atoms with van der Waals surface area (Å²) in [6, 6.07) is 13.8. The summed E-state index contributed by atoms with van der Waals surface area (Å²) in [5.41, 5.74) is 3.26. The van der Waals surface area contributed by atoms with E-state index in [4.69, 9.17) is 26.1 Å². The van der Waals surface area contributed by atoms with Gasteiger partial charge in [0, 0.05) is 29.1 Å². The van der Waals surface area contributed by atoms with Crippen LogP contribution in [-0.4, -0.2) is 31.2 Å². The van der Waals surface area contributed by atoms with Crippen molar-refractivity contribution in [3.8, 4) is 22.1 Å². The molecule has 6 heteroatoms. The Morgan fingerprint density at radius 2 is 1.85 bits per heavy atom. The van der Waals surface area contributed by atoms with E-state index >= 15 is 0 Å². The molecule has 0 amide bonds. The lowest BCUT2D eigenvalue weighted by Crippen LogP contribution is -2.17. The predicted molar refractivity (Wildman–Crippen MR) is 107 cm³/mol. The van der Waals surface area contributed by atoms with Crippen LogP contribution < -0.4 is 9.47 Å². The van der Waals surface area contributed by atoms with Crippen LogP contribution >= 0.6 is 22.9 Å². The van der Waals surface area contributed by atoms with Gasteiger partial charge in [-0.1, -0.05) is 23.7 Å². The second-order valence-electron chi connectivity index (χ2n) is 6.02. The van der Waals surface area contributed by atoms with E-state index in [0.717, 1.165) is 34.4 Å². The minimum absolute atomic E-state index is 0.708. The van der Waals surface area contributed by atoms with Gasteiger partial charge in [0.25, 0.3) is 0 Å². The Bertz CT molecular complexity index is 882. The van der Waals surface area contributed by atoms with Crippen LogP contribution in [0.15, 0.2) is 47.8 Å². The second-order valence-corrected chi connectivity index (χ2v) is 7.31. The highest BCUT2D eigenvalue weighted by atomic mass is 35.5. The summed E-state index contributed by atoms with van der Waals surface area (Å²) >= 11 is 7.69. The highest BCUT2D eigenvalue weighted by Crippen LogP contribution is 2.33. The van der Waals surface area contributed by atoms with Gasteiger partial charge in [-0.2, -0.15) is 0 Å². The maximum Gasteiger partial charge on any atom is 0.161 e. The summed E-state index contributed by atoms with van der Waals surface area (Å²) in [4.78, 5) is 6.99. The fourth-order valence-electron chi connectivity index (χ4n) is 2.76. The summed E-state index contributed by atoms with van der Waals surface area (Å²) in [7, 11) is 5.35. The third-order valence-electron chi connectivity index (χ3n) is 3.96. The van der Waals surface area contributed by atoms with E-state index in [1.165, 1.54) is 5.56 Å². The van der Waals surface area contributed by atoms with Crippen molar-refractivity contribution in [2.24, 2.45) is 0 Å². The maximum atomic E-state index is 6.06. The molecule has 2 aromatic carbocycles. The molecule has 0 unspecified atom stereocenters. The van der Waals surface area contributed by atoms with Gasteiger partial charge in [-0.25, -0.2) is 4.98 Å². The van der Waals surface area contributed by atoms with Crippen LogP contribution in [0.4, 0.5) is 0 Å². The molecule has 0 aliphatic heterocycles. The molecule has 1 aromatic heterocycles. The van der Waals surface area contributed by atoms with Gasteiger partial charge in [-0.05, 0) is 42.9 Å². The van der Waals surface area contributed by atoms with Gasteiger partial charge in [0.05, 0.1) is 19.9 Å². The van der Waals surface area contributed by atoms with Crippen molar-refractivity contribution in [3.05, 3.63) is 64.1 Å². The van der Waals surface area contributed by atoms with Gasteiger partial charge in [-0.15, -0.1) is 11.3 Å². The molecule has 0 spiro atoms. The third-order valence-corrected chi connectivity index (χ3v) is 5.13. The fraction of sp³-hybridized carbons (Fsp3) is 0.250. The van der Waals surface area contributed by atoms with Gasteiger partial charge in [0.1, 0.15) is 5.01 Å². The van der Waals surface area contributed by atoms with Gasteiger partial charge in [-0.3, -0.25) is 4.90 Å². The molecule has 4 nitrogen and oxygen atoms in total. The van der Waals surface area contributed by atoms with Crippen molar-refractivity contribution in [2.45, 2.75) is 13.1 Å². The Kier molecular flexibility index (Phi) is 6.14. The zero-order valence-electron chi connectivity index (χ0n) is 15.0. The molecule has 0 atom stereocenters. The van der Waals surface area contributed by atoms with Gasteiger partial charge < -0.3 is 9.47 Å². The van der Waals surface area contributed by atoms with Gasteiger partial charge >= 0.3 is 0 Å². The van der Waals surface area contributed by atoms with E-state index < -0.39 is 0 Å². The second kappa shape index (κ2) is 8.54. The fourth-order valence-corrected chi connectivity index (χ4v) is 3.78. The Labute approximate surface area is 163 Å². The Morgan fingerprint density at radius 3 is 2.58 bits per heavy atom. The van der Waals surface area contributed by atoms with Crippen LogP contribution in [0.5, 0.6) is 11.5 Å². The number of thiazole rings is 1. The highest BCUT2D eigenvalue weighted by Gasteiger charge is 2.11. The van der Waals surface area contributed by atoms with E-state index in [1.807, 2.05) is 36.4 Å². The number of nitrogens with zero attached hydrogens (tertiary/aromatic N) is 2. The van der Waals surface area contributed by atoms with E-state index in [-0.39, 0.29) is 0 Å². The van der Waals surface area contributed by atoms with Crippen LogP contribution in [0.1, 0.15) is 11.3 Å². The van der Waals surface area contributed by atoms with Crippen molar-refractivity contribution in [1.29, 1.82) is 0 Å². The molecule has 0 saturated carbocycles. The first kappa shape index (κ1) is 18.7. The summed E-state index contributed by atoms with van der Waals surface area (Å²) in [5, 5.41) is 3.83. The average molecular weight is 389 g/mol. The molecule has 0 saturated heterocycles. The van der Waals surface area contributed by atoms with Crippen molar-refractivity contribution >= 4 is 22.9 Å². The zero-order valence-corrected chi connectivity index (χ0v) is 16.6. The van der Waals surface area contributed by atoms with Crippen molar-refractivity contribution in [2.75, 3.05) is 21.3 Å². The lowest BCUT2D eigenvalue weighted by molar-refractivity contribution is 0.316. The number of benzene rings is 2. The van der Waals surface area contributed by atoms with E-state index in [2.05, 4.69) is 23.4 Å². The van der Waals surface area contributed by atoms with Gasteiger partial charge in [0.15, 0.2) is 11.5 Å². The maximum absolute atomic E-state index is 6.06. The first-order valence-corrected chi connectivity index (χ1v) is 9.44. The molecule has 3 aromatic rings. The minimum Gasteiger partial charge on any atom is -0.493 e. The monoisotopic (exact) mass is 388 g/mol. The van der Waals surface area contributed by atoms with Crippen LogP contribution in [0, 0.1) is 0 Å². The molecule has 0 aliphatic rings. The number of hydrogen-bond donors (Lipinski definition) is 0. The third kappa shape index (κ3) is 4.55. The van der Waals surface area contributed by atoms with E-state index in [9.17, 15) is 0 Å². The lowest BCUT2D eigenvalue weighted by Gasteiger charge is -2.15. The SMILES string of the molecule is COc1ccc(-c2nc(CN(C)Cc3cccc(Cl)c3)cs2)cc1OC. The summed E-state index contributed by atoms with van der Waals surface area (Å²) < 4.78 is 10.7. The van der Waals surface area contributed by atoms with E-state index in [0.29, 0.717) is 11.5 Å². The highest BCUT2D eigenvalue weighted by molar-refractivity contribution is 7.13. The molecule has 0 fully saturated rings. The number of halogens is 1. The number of methoxy groups -OCH3 is 2. The van der Waals surface area contributed by atoms with Crippen LogP contribution in [0.2, 0.25) is 5.02 Å². The van der Waals surface area contributed by atoms with Crippen molar-refractivity contribution in [3.63, 3.8) is 0 Å². The van der Waals surface area contributed by atoms with Crippen molar-refractivity contribution < 1.29 is 9.47 Å². The number of hydrogen-bond acceptors (Lipinski definition) is 5. The number of ether oxygens (including phenoxy) is 2. The Morgan fingerprint density at radius 1 is 1.04 bits per heavy atom. The lowest BCUT2D eigenvalue weighted by atomic mass is 10.2. The number of aromatic nitrogens is 1. The first-order valence-electron chi connectivity index (χ1n) is 8.19. The summed E-state index contributed by atoms with van der Waals surface area (Å²) in [6.07, 6.45) is 0. The molecular formula is C20H21ClN2O2S. The minimum atomic E-state index is 0.708. The Hall–Kier alpha value is -2.08. The normalized spacial score (nSPS) is 11.0. The molecule has 0 radical (unpaired) electrons. The summed E-state index contributed by atoms with van der Waals surface area (Å²) in [5.74, 6) is 1.43. The van der Waals surface area contributed by atoms with Crippen molar-refractivity contribution in [1.82, 2.24) is 9.88 Å². The molecule has 0 N–H and O–H groups in total. The number of rotatable bonds is 7. The molecule has 0 bridgehead atoms. The molecule has 0 aliphatic carbocycles. The molecule has 1 heterocycles. The zero-order chi connectivity index (χ0) is 18.5. The van der Waals surface area contributed by atoms with Crippen LogP contribution in [-0.2, 0) is 13.1 Å². The molecule has 26 heavy (non-hydrogen) atoms. The average Bonchev–Trinajstić information content (AvgIpc) is 3.09. The quantitative estimate of drug-likeness (QED) is 0.563. The smallest absolute Gasteiger partial charge is 0.161 e. The molecular weight excluding hydrogens is 368 g/mol. The largest absolute Gasteiger partial charge is 0.493 e. The first-order chi connectivity index (χ1) is 12.6. The molecule has 3 rings (SSSR count). The van der Waals surface area contributed by atoms with Crippen LogP contribution in [0.25, 0.3) is 10.6 Å². The van der Waals surface area contributed by atoms with Gasteiger partial charge in [0.2, 0.25) is 0 Å².